The molecule has 2 heterocycles. The van der Waals surface area contributed by atoms with Crippen LogP contribution in [0.1, 0.15) is 43.0 Å². The van der Waals surface area contributed by atoms with E-state index in [1.54, 1.807) is 4.90 Å². The maximum Gasteiger partial charge on any atom is 0.253 e. The molecule has 6 heteroatoms. The molecule has 5 nitrogen and oxygen atoms in total. The summed E-state index contributed by atoms with van der Waals surface area (Å²) in [6.45, 7) is 3.40. The first-order chi connectivity index (χ1) is 11.5. The number of halogens is 1. The molecule has 3 rings (SSSR count). The molecule has 2 saturated heterocycles. The number of ether oxygens (including phenoxy) is 1. The summed E-state index contributed by atoms with van der Waals surface area (Å²) < 4.78 is 19.0. The number of nitrogens with one attached hydrogen (secondary N) is 1. The van der Waals surface area contributed by atoms with Gasteiger partial charge in [-0.25, -0.2) is 4.39 Å². The quantitative estimate of drug-likeness (QED) is 0.901. The molecule has 0 aromatic heterocycles. The highest BCUT2D eigenvalue weighted by atomic mass is 19.1. The van der Waals surface area contributed by atoms with E-state index in [9.17, 15) is 14.0 Å². The van der Waals surface area contributed by atoms with Crippen LogP contribution in [0, 0.1) is 5.82 Å². The molecule has 24 heavy (non-hydrogen) atoms. The second-order valence-electron chi connectivity index (χ2n) is 6.72. The lowest BCUT2D eigenvalue weighted by molar-refractivity contribution is -0.128. The van der Waals surface area contributed by atoms with Crippen molar-refractivity contribution in [1.29, 1.82) is 0 Å². The minimum atomic E-state index is -0.344. The molecule has 0 bridgehead atoms. The Balaban J connectivity index is 1.59. The smallest absolute Gasteiger partial charge is 0.253 e. The lowest BCUT2D eigenvalue weighted by Crippen LogP contribution is -2.54. The predicted molar refractivity (Wildman–Crippen MR) is 87.1 cm³/mol. The van der Waals surface area contributed by atoms with Gasteiger partial charge in [0.05, 0.1) is 5.60 Å². The summed E-state index contributed by atoms with van der Waals surface area (Å²) in [5.41, 5.74) is 0.262. The van der Waals surface area contributed by atoms with Gasteiger partial charge >= 0.3 is 0 Å². The lowest BCUT2D eigenvalue weighted by atomic mass is 9.82. The van der Waals surface area contributed by atoms with E-state index in [4.69, 9.17) is 4.74 Å². The molecule has 1 unspecified atom stereocenters. The van der Waals surface area contributed by atoms with Gasteiger partial charge in [0.25, 0.3) is 5.91 Å². The zero-order valence-electron chi connectivity index (χ0n) is 13.9. The minimum absolute atomic E-state index is 0.0130. The third kappa shape index (κ3) is 3.75. The third-order valence-corrected chi connectivity index (χ3v) is 4.95. The van der Waals surface area contributed by atoms with E-state index in [0.29, 0.717) is 25.3 Å². The van der Waals surface area contributed by atoms with Gasteiger partial charge in [-0.15, -0.1) is 0 Å². The highest BCUT2D eigenvalue weighted by Crippen LogP contribution is 2.35. The molecule has 2 amide bonds. The van der Waals surface area contributed by atoms with Crippen molar-refractivity contribution in [2.24, 2.45) is 0 Å². The van der Waals surface area contributed by atoms with Gasteiger partial charge in [-0.1, -0.05) is 0 Å². The van der Waals surface area contributed by atoms with E-state index >= 15 is 0 Å². The van der Waals surface area contributed by atoms with Crippen molar-refractivity contribution in [3.8, 4) is 0 Å². The van der Waals surface area contributed by atoms with E-state index in [0.717, 1.165) is 25.7 Å². The second-order valence-corrected chi connectivity index (χ2v) is 6.72. The van der Waals surface area contributed by atoms with Gasteiger partial charge in [-0.3, -0.25) is 9.59 Å². The first kappa shape index (κ1) is 16.9. The molecule has 2 aliphatic rings. The number of rotatable bonds is 2. The monoisotopic (exact) mass is 334 g/mol. The predicted octanol–water partition coefficient (Wildman–Crippen LogP) is 2.12. The van der Waals surface area contributed by atoms with Gasteiger partial charge in [0, 0.05) is 38.2 Å². The van der Waals surface area contributed by atoms with Crippen molar-refractivity contribution in [2.45, 2.75) is 44.2 Å². The van der Waals surface area contributed by atoms with Crippen molar-refractivity contribution < 1.29 is 18.7 Å². The van der Waals surface area contributed by atoms with Crippen molar-refractivity contribution in [3.63, 3.8) is 0 Å². The molecule has 2 aliphatic heterocycles. The van der Waals surface area contributed by atoms with Crippen molar-refractivity contribution in [3.05, 3.63) is 35.6 Å². The van der Waals surface area contributed by atoms with Gasteiger partial charge in [-0.05, 0) is 49.9 Å². The molecule has 0 saturated carbocycles. The number of hydrogen-bond donors (Lipinski definition) is 1. The Labute approximate surface area is 141 Å². The van der Waals surface area contributed by atoms with Crippen LogP contribution in [0.4, 0.5) is 4.39 Å². The lowest BCUT2D eigenvalue weighted by Gasteiger charge is -2.46. The topological polar surface area (TPSA) is 58.6 Å². The average Bonchev–Trinajstić information content (AvgIpc) is 2.55. The van der Waals surface area contributed by atoms with Crippen LogP contribution in [-0.2, 0) is 9.53 Å². The Morgan fingerprint density at radius 2 is 1.92 bits per heavy atom. The van der Waals surface area contributed by atoms with E-state index in [-0.39, 0.29) is 29.3 Å². The van der Waals surface area contributed by atoms with Gasteiger partial charge < -0.3 is 15.0 Å². The zero-order valence-corrected chi connectivity index (χ0v) is 13.9. The maximum atomic E-state index is 13.0. The minimum Gasteiger partial charge on any atom is -0.375 e. The molecule has 1 N–H and O–H groups in total. The summed E-state index contributed by atoms with van der Waals surface area (Å²) in [5, 5.41) is 2.98. The van der Waals surface area contributed by atoms with Gasteiger partial charge in [0.15, 0.2) is 0 Å². The summed E-state index contributed by atoms with van der Waals surface area (Å²) in [5.74, 6) is -0.427. The molecular formula is C18H23FN2O3. The molecule has 1 spiro atoms. The molecule has 130 valence electrons. The zero-order chi connectivity index (χ0) is 17.2. The fourth-order valence-electron chi connectivity index (χ4n) is 3.68. The molecule has 1 atom stereocenters. The number of piperidine rings is 1. The number of hydrogen-bond acceptors (Lipinski definition) is 3. The van der Waals surface area contributed by atoms with E-state index in [1.807, 2.05) is 0 Å². The number of amides is 2. The molecule has 2 fully saturated rings. The van der Waals surface area contributed by atoms with Crippen LogP contribution in [0.15, 0.2) is 24.3 Å². The van der Waals surface area contributed by atoms with Crippen LogP contribution in [0.3, 0.4) is 0 Å². The van der Waals surface area contributed by atoms with Crippen LogP contribution in [0.5, 0.6) is 0 Å². The summed E-state index contributed by atoms with van der Waals surface area (Å²) in [6, 6.07) is 5.80. The number of nitrogens with zero attached hydrogens (tertiary/aromatic N) is 1. The van der Waals surface area contributed by atoms with E-state index < -0.39 is 0 Å². The van der Waals surface area contributed by atoms with E-state index in [1.165, 1.54) is 31.2 Å². The van der Waals surface area contributed by atoms with Gasteiger partial charge in [-0.2, -0.15) is 0 Å². The largest absolute Gasteiger partial charge is 0.375 e. The SMILES string of the molecule is CC(=O)NC1CCOC2(CCN(C(=O)c3ccc(F)cc3)CC2)C1. The number of carbonyl (C=O) groups is 2. The van der Waals surface area contributed by atoms with Crippen molar-refractivity contribution in [2.75, 3.05) is 19.7 Å². The molecule has 0 radical (unpaired) electrons. The molecule has 1 aromatic carbocycles. The number of carbonyl (C=O) groups excluding carboxylic acids is 2. The first-order valence-electron chi connectivity index (χ1n) is 8.43. The Morgan fingerprint density at radius 1 is 1.25 bits per heavy atom. The first-order valence-corrected chi connectivity index (χ1v) is 8.43. The Bertz CT molecular complexity index is 609. The highest BCUT2D eigenvalue weighted by Gasteiger charge is 2.41. The Hall–Kier alpha value is -1.95. The summed E-state index contributed by atoms with van der Waals surface area (Å²) in [7, 11) is 0. The number of benzene rings is 1. The Morgan fingerprint density at radius 3 is 2.54 bits per heavy atom. The molecule has 0 aliphatic carbocycles. The van der Waals surface area contributed by atoms with Crippen LogP contribution in [0.25, 0.3) is 0 Å². The third-order valence-electron chi connectivity index (χ3n) is 4.95. The molecular weight excluding hydrogens is 311 g/mol. The average molecular weight is 334 g/mol. The molecule has 1 aromatic rings. The van der Waals surface area contributed by atoms with Gasteiger partial charge in [0.2, 0.25) is 5.91 Å². The van der Waals surface area contributed by atoms with Crippen LogP contribution in [0.2, 0.25) is 0 Å². The summed E-state index contributed by atoms with van der Waals surface area (Å²) >= 11 is 0. The van der Waals surface area contributed by atoms with E-state index in [2.05, 4.69) is 5.32 Å². The summed E-state index contributed by atoms with van der Waals surface area (Å²) in [4.78, 5) is 25.6. The van der Waals surface area contributed by atoms with Crippen LogP contribution >= 0.6 is 0 Å². The fourth-order valence-corrected chi connectivity index (χ4v) is 3.68. The fraction of sp³-hybridized carbons (Fsp3) is 0.556. The highest BCUT2D eigenvalue weighted by molar-refractivity contribution is 5.94. The van der Waals surface area contributed by atoms with Crippen molar-refractivity contribution >= 4 is 11.8 Å². The Kier molecular flexibility index (Phi) is 4.85. The number of likely N-dealkylation sites (tertiary alicyclic amines) is 1. The standard InChI is InChI=1S/C18H23FN2O3/c1-13(22)20-16-6-11-24-18(12-16)7-9-21(10-8-18)17(23)14-2-4-15(19)5-3-14/h2-5,16H,6-12H2,1H3,(H,20,22). The van der Waals surface area contributed by atoms with Gasteiger partial charge in [0.1, 0.15) is 5.82 Å². The van der Waals surface area contributed by atoms with Crippen LogP contribution < -0.4 is 5.32 Å². The maximum absolute atomic E-state index is 13.0. The van der Waals surface area contributed by atoms with Crippen molar-refractivity contribution in [1.82, 2.24) is 10.2 Å². The van der Waals surface area contributed by atoms with Crippen LogP contribution in [-0.4, -0.2) is 48.1 Å². The summed E-state index contributed by atoms with van der Waals surface area (Å²) in [6.07, 6.45) is 3.15. The second kappa shape index (κ2) is 6.89. The normalized spacial score (nSPS) is 23.1.